The van der Waals surface area contributed by atoms with E-state index in [2.05, 4.69) is 62.3 Å². The first kappa shape index (κ1) is 21.9. The zero-order valence-electron chi connectivity index (χ0n) is 19.0. The van der Waals surface area contributed by atoms with Gasteiger partial charge in [0.1, 0.15) is 11.6 Å². The monoisotopic (exact) mass is 463 g/mol. The predicted molar refractivity (Wildman–Crippen MR) is 130 cm³/mol. The number of thiazole rings is 1. The van der Waals surface area contributed by atoms with Crippen LogP contribution < -0.4 is 4.74 Å². The molecule has 2 aromatic carbocycles. The first-order chi connectivity index (χ1) is 16.1. The summed E-state index contributed by atoms with van der Waals surface area (Å²) in [4.78, 5) is 11.0. The van der Waals surface area contributed by atoms with E-state index in [4.69, 9.17) is 4.74 Å². The number of ether oxygens (including phenoxy) is 1. The molecular weight excluding hydrogens is 434 g/mol. The minimum atomic E-state index is -0.0617. The molecule has 2 aromatic heterocycles. The maximum Gasteiger partial charge on any atom is 0.230 e. The Labute approximate surface area is 197 Å². The summed E-state index contributed by atoms with van der Waals surface area (Å²) < 4.78 is 7.20. The molecule has 0 bridgehead atoms. The average Bonchev–Trinajstić information content (AvgIpc) is 3.34. The molecule has 1 fully saturated rings. The van der Waals surface area contributed by atoms with Crippen LogP contribution in [0.15, 0.2) is 54.6 Å². The number of hydrogen-bond donors (Lipinski definition) is 1. The number of aryl methyl sites for hydroxylation is 1. The number of piperazine rings is 1. The van der Waals surface area contributed by atoms with Gasteiger partial charge in [-0.15, -0.1) is 5.10 Å². The molecule has 1 N–H and O–H groups in total. The third kappa shape index (κ3) is 4.59. The Bertz CT molecular complexity index is 1200. The molecule has 1 saturated heterocycles. The van der Waals surface area contributed by atoms with Gasteiger partial charge < -0.3 is 9.84 Å². The second-order valence-corrected chi connectivity index (χ2v) is 9.35. The number of hydrogen-bond acceptors (Lipinski definition) is 7. The van der Waals surface area contributed by atoms with Gasteiger partial charge in [0.05, 0.1) is 17.5 Å². The lowest BCUT2D eigenvalue weighted by atomic mass is 10.0. The first-order valence-corrected chi connectivity index (χ1v) is 12.2. The van der Waals surface area contributed by atoms with E-state index in [0.717, 1.165) is 53.9 Å². The minimum Gasteiger partial charge on any atom is -0.494 e. The fourth-order valence-electron chi connectivity index (χ4n) is 4.49. The minimum absolute atomic E-state index is 0.0617. The zero-order chi connectivity index (χ0) is 22.8. The summed E-state index contributed by atoms with van der Waals surface area (Å²) in [5, 5.41) is 15.4. The second kappa shape index (κ2) is 9.51. The van der Waals surface area contributed by atoms with Crippen LogP contribution in [0.4, 0.5) is 0 Å². The van der Waals surface area contributed by atoms with E-state index in [1.807, 2.05) is 26.0 Å². The quantitative estimate of drug-likeness (QED) is 0.445. The Balaban J connectivity index is 1.41. The number of aromatic hydroxyl groups is 1. The second-order valence-electron chi connectivity index (χ2n) is 8.35. The molecule has 0 amide bonds. The van der Waals surface area contributed by atoms with Gasteiger partial charge in [0.15, 0.2) is 0 Å². The van der Waals surface area contributed by atoms with E-state index in [9.17, 15) is 5.11 Å². The number of benzene rings is 2. The van der Waals surface area contributed by atoms with Crippen LogP contribution >= 0.6 is 11.3 Å². The summed E-state index contributed by atoms with van der Waals surface area (Å²) in [5.74, 6) is 1.70. The predicted octanol–water partition coefficient (Wildman–Crippen LogP) is 4.11. The summed E-state index contributed by atoms with van der Waals surface area (Å²) in [6.45, 7) is 9.21. The number of rotatable bonds is 7. The van der Waals surface area contributed by atoms with Crippen LogP contribution in [0.3, 0.4) is 0 Å². The van der Waals surface area contributed by atoms with Crippen molar-refractivity contribution in [2.75, 3.05) is 32.8 Å². The topological polar surface area (TPSA) is 66.1 Å². The molecule has 33 heavy (non-hydrogen) atoms. The SMILES string of the molecule is CCOc1ccc([C@@H](c2sc3nc(C)nn3c2O)N2CCN(Cc3ccccc3)CC2)cc1. The van der Waals surface area contributed by atoms with Crippen molar-refractivity contribution in [2.24, 2.45) is 0 Å². The molecule has 3 heterocycles. The van der Waals surface area contributed by atoms with Crippen molar-refractivity contribution >= 4 is 16.3 Å². The van der Waals surface area contributed by atoms with Gasteiger partial charge in [-0.25, -0.2) is 4.98 Å². The van der Waals surface area contributed by atoms with E-state index in [0.29, 0.717) is 12.4 Å². The highest BCUT2D eigenvalue weighted by Gasteiger charge is 2.31. The molecule has 4 aromatic rings. The molecule has 0 saturated carbocycles. The lowest BCUT2D eigenvalue weighted by molar-refractivity contribution is 0.105. The van der Waals surface area contributed by atoms with Crippen molar-refractivity contribution in [1.29, 1.82) is 0 Å². The van der Waals surface area contributed by atoms with Crippen LogP contribution in [0.5, 0.6) is 11.6 Å². The fraction of sp³-hybridized carbons (Fsp3) is 0.360. The smallest absolute Gasteiger partial charge is 0.230 e. The van der Waals surface area contributed by atoms with Crippen LogP contribution in [0.1, 0.15) is 34.8 Å². The lowest BCUT2D eigenvalue weighted by Gasteiger charge is -2.39. The van der Waals surface area contributed by atoms with E-state index in [-0.39, 0.29) is 11.9 Å². The molecule has 8 heteroatoms. The summed E-state index contributed by atoms with van der Waals surface area (Å²) in [6, 6.07) is 18.8. The fourth-order valence-corrected chi connectivity index (χ4v) is 5.65. The van der Waals surface area contributed by atoms with Gasteiger partial charge >= 0.3 is 0 Å². The van der Waals surface area contributed by atoms with Crippen molar-refractivity contribution in [2.45, 2.75) is 26.4 Å². The Morgan fingerprint density at radius 3 is 2.42 bits per heavy atom. The van der Waals surface area contributed by atoms with Crippen LogP contribution in [-0.2, 0) is 6.54 Å². The van der Waals surface area contributed by atoms with Gasteiger partial charge in [-0.05, 0) is 37.1 Å². The molecular formula is C25H29N5O2S. The van der Waals surface area contributed by atoms with Crippen molar-refractivity contribution in [3.8, 4) is 11.6 Å². The van der Waals surface area contributed by atoms with Crippen molar-refractivity contribution < 1.29 is 9.84 Å². The van der Waals surface area contributed by atoms with Crippen molar-refractivity contribution in [3.63, 3.8) is 0 Å². The van der Waals surface area contributed by atoms with E-state index in [1.165, 1.54) is 16.9 Å². The highest BCUT2D eigenvalue weighted by Crippen LogP contribution is 2.40. The molecule has 0 aliphatic carbocycles. The van der Waals surface area contributed by atoms with Crippen LogP contribution in [0.2, 0.25) is 0 Å². The summed E-state index contributed by atoms with van der Waals surface area (Å²) in [7, 11) is 0. The molecule has 0 unspecified atom stereocenters. The average molecular weight is 464 g/mol. The first-order valence-electron chi connectivity index (χ1n) is 11.4. The van der Waals surface area contributed by atoms with Gasteiger partial charge in [-0.1, -0.05) is 53.8 Å². The van der Waals surface area contributed by atoms with Crippen LogP contribution in [0.25, 0.3) is 4.96 Å². The summed E-state index contributed by atoms with van der Waals surface area (Å²) in [5.41, 5.74) is 2.47. The Morgan fingerprint density at radius 2 is 1.76 bits per heavy atom. The van der Waals surface area contributed by atoms with Gasteiger partial charge in [0, 0.05) is 32.7 Å². The normalized spacial score (nSPS) is 16.3. The van der Waals surface area contributed by atoms with Gasteiger partial charge in [0.25, 0.3) is 0 Å². The highest BCUT2D eigenvalue weighted by molar-refractivity contribution is 7.17. The third-order valence-corrected chi connectivity index (χ3v) is 7.15. The molecule has 1 aliphatic heterocycles. The van der Waals surface area contributed by atoms with E-state index >= 15 is 0 Å². The van der Waals surface area contributed by atoms with Crippen LogP contribution in [-0.4, -0.2) is 62.3 Å². The number of aromatic nitrogens is 3. The zero-order valence-corrected chi connectivity index (χ0v) is 19.8. The van der Waals surface area contributed by atoms with Crippen molar-refractivity contribution in [1.82, 2.24) is 24.4 Å². The standard InChI is InChI=1S/C25H29N5O2S/c1-3-32-21-11-9-20(10-12-21)22(23-24(31)30-25(33-23)26-18(2)27-30)29-15-13-28(14-16-29)17-19-7-5-4-6-8-19/h4-12,22,31H,3,13-17H2,1-2H3/t22-/m0/s1. The molecule has 0 radical (unpaired) electrons. The van der Waals surface area contributed by atoms with Gasteiger partial charge in [0.2, 0.25) is 10.8 Å². The van der Waals surface area contributed by atoms with Gasteiger partial charge in [-0.2, -0.15) is 4.52 Å². The Kier molecular flexibility index (Phi) is 6.30. The van der Waals surface area contributed by atoms with Crippen molar-refractivity contribution in [3.05, 3.63) is 76.4 Å². The maximum absolute atomic E-state index is 11.1. The Hall–Kier alpha value is -2.94. The molecule has 172 valence electrons. The number of fused-ring (bicyclic) bond motifs is 1. The van der Waals surface area contributed by atoms with E-state index in [1.54, 1.807) is 4.52 Å². The molecule has 0 spiro atoms. The summed E-state index contributed by atoms with van der Waals surface area (Å²) in [6.07, 6.45) is 0. The molecule has 1 aliphatic rings. The molecule has 7 nitrogen and oxygen atoms in total. The summed E-state index contributed by atoms with van der Waals surface area (Å²) >= 11 is 1.51. The Morgan fingerprint density at radius 1 is 1.03 bits per heavy atom. The largest absolute Gasteiger partial charge is 0.494 e. The molecule has 5 rings (SSSR count). The van der Waals surface area contributed by atoms with Gasteiger partial charge in [-0.3, -0.25) is 9.80 Å². The maximum atomic E-state index is 11.1. The third-order valence-electron chi connectivity index (χ3n) is 6.08. The number of nitrogens with zero attached hydrogens (tertiary/aromatic N) is 5. The lowest BCUT2D eigenvalue weighted by Crippen LogP contribution is -2.47. The van der Waals surface area contributed by atoms with E-state index < -0.39 is 0 Å². The molecule has 1 atom stereocenters. The highest BCUT2D eigenvalue weighted by atomic mass is 32.1. The van der Waals surface area contributed by atoms with Crippen LogP contribution in [0, 0.1) is 6.92 Å².